The molecule has 0 aromatic heterocycles. The van der Waals surface area contributed by atoms with Crippen molar-refractivity contribution in [1.82, 2.24) is 4.72 Å². The smallest absolute Gasteiger partial charge is 0.308 e. The van der Waals surface area contributed by atoms with Crippen LogP contribution in [-0.2, 0) is 19.6 Å². The Morgan fingerprint density at radius 1 is 0.931 bits per heavy atom. The summed E-state index contributed by atoms with van der Waals surface area (Å²) < 4.78 is 34.2. The lowest BCUT2D eigenvalue weighted by atomic mass is 10.0. The molecule has 0 heterocycles. The molecule has 3 aromatic carbocycles. The van der Waals surface area contributed by atoms with Crippen LogP contribution in [0.15, 0.2) is 77.7 Å². The zero-order valence-corrected chi connectivity index (χ0v) is 17.6. The van der Waals surface area contributed by atoms with E-state index >= 15 is 0 Å². The third kappa shape index (κ3) is 5.65. The van der Waals surface area contributed by atoms with E-state index in [0.717, 1.165) is 10.8 Å². The fourth-order valence-corrected chi connectivity index (χ4v) is 4.31. The van der Waals surface area contributed by atoms with Gasteiger partial charge in [-0.3, -0.25) is 4.79 Å². The Balaban J connectivity index is 1.90. The van der Waals surface area contributed by atoms with E-state index in [-0.39, 0.29) is 11.3 Å². The van der Waals surface area contributed by atoms with E-state index in [1.165, 1.54) is 0 Å². The van der Waals surface area contributed by atoms with Crippen LogP contribution in [0.2, 0.25) is 0 Å². The second-order valence-corrected chi connectivity index (χ2v) is 9.60. The van der Waals surface area contributed by atoms with Gasteiger partial charge >= 0.3 is 5.97 Å². The molecule has 0 spiro atoms. The first-order chi connectivity index (χ1) is 13.6. The molecule has 0 saturated carbocycles. The van der Waals surface area contributed by atoms with Gasteiger partial charge in [-0.2, -0.15) is 0 Å². The van der Waals surface area contributed by atoms with Gasteiger partial charge in [-0.15, -0.1) is 0 Å². The van der Waals surface area contributed by atoms with Crippen LogP contribution in [0.3, 0.4) is 0 Å². The summed E-state index contributed by atoms with van der Waals surface area (Å²) in [7, 11) is -3.85. The van der Waals surface area contributed by atoms with Crippen molar-refractivity contribution in [3.05, 3.63) is 78.4 Å². The van der Waals surface area contributed by atoms with E-state index in [1.54, 1.807) is 51.1 Å². The number of hydrogen-bond acceptors (Lipinski definition) is 4. The van der Waals surface area contributed by atoms with Crippen molar-refractivity contribution in [2.45, 2.75) is 43.7 Å². The molecule has 152 valence electrons. The van der Waals surface area contributed by atoms with Crippen molar-refractivity contribution < 1.29 is 17.9 Å². The highest BCUT2D eigenvalue weighted by Gasteiger charge is 2.26. The quantitative estimate of drug-likeness (QED) is 0.602. The molecule has 0 aliphatic heterocycles. The molecule has 0 amide bonds. The van der Waals surface area contributed by atoms with Gasteiger partial charge in [0.2, 0.25) is 10.0 Å². The number of nitrogens with one attached hydrogen (secondary N) is 1. The van der Waals surface area contributed by atoms with E-state index in [2.05, 4.69) is 4.72 Å². The highest BCUT2D eigenvalue weighted by molar-refractivity contribution is 7.89. The molecule has 0 saturated heterocycles. The van der Waals surface area contributed by atoms with Gasteiger partial charge < -0.3 is 4.74 Å². The Hall–Kier alpha value is -2.70. The van der Waals surface area contributed by atoms with Gasteiger partial charge in [0.05, 0.1) is 17.4 Å². The van der Waals surface area contributed by atoms with Crippen LogP contribution in [0.1, 0.15) is 38.8 Å². The summed E-state index contributed by atoms with van der Waals surface area (Å²) >= 11 is 0. The maximum atomic E-state index is 13.1. The Morgan fingerprint density at radius 3 is 2.21 bits per heavy atom. The second kappa shape index (κ2) is 8.35. The average molecular weight is 412 g/mol. The third-order valence-corrected chi connectivity index (χ3v) is 5.79. The molecule has 0 aliphatic rings. The minimum Gasteiger partial charge on any atom is -0.460 e. The minimum atomic E-state index is -3.85. The first kappa shape index (κ1) is 21.0. The normalized spacial score (nSPS) is 13.2. The number of ether oxygens (including phenoxy) is 1. The van der Waals surface area contributed by atoms with Gasteiger partial charge in [0.1, 0.15) is 5.60 Å². The van der Waals surface area contributed by atoms with Crippen molar-refractivity contribution >= 4 is 26.8 Å². The second-order valence-electron chi connectivity index (χ2n) is 7.88. The van der Waals surface area contributed by atoms with Crippen LogP contribution in [-0.4, -0.2) is 20.0 Å². The largest absolute Gasteiger partial charge is 0.460 e. The summed E-state index contributed by atoms with van der Waals surface area (Å²) in [4.78, 5) is 12.5. The third-order valence-electron chi connectivity index (χ3n) is 4.32. The number of carbonyl (C=O) groups excluding carboxylic acids is 1. The van der Waals surface area contributed by atoms with Crippen molar-refractivity contribution in [3.63, 3.8) is 0 Å². The summed E-state index contributed by atoms with van der Waals surface area (Å²) in [5.74, 6) is -0.465. The van der Waals surface area contributed by atoms with Gasteiger partial charge in [0.25, 0.3) is 0 Å². The number of esters is 1. The van der Waals surface area contributed by atoms with E-state index < -0.39 is 27.6 Å². The predicted molar refractivity (Wildman–Crippen MR) is 114 cm³/mol. The molecular weight excluding hydrogens is 386 g/mol. The minimum absolute atomic E-state index is 0.103. The van der Waals surface area contributed by atoms with Crippen molar-refractivity contribution in [2.75, 3.05) is 0 Å². The molecule has 29 heavy (non-hydrogen) atoms. The highest BCUT2D eigenvalue weighted by Crippen LogP contribution is 2.24. The lowest BCUT2D eigenvalue weighted by Crippen LogP contribution is -2.32. The first-order valence-corrected chi connectivity index (χ1v) is 10.9. The molecule has 0 aliphatic carbocycles. The Bertz CT molecular complexity index is 1100. The fraction of sp³-hybridized carbons (Fsp3) is 0.261. The van der Waals surface area contributed by atoms with E-state index in [0.29, 0.717) is 5.56 Å². The summed E-state index contributed by atoms with van der Waals surface area (Å²) in [6, 6.07) is 20.8. The lowest BCUT2D eigenvalue weighted by molar-refractivity contribution is -0.155. The molecule has 6 heteroatoms. The predicted octanol–water partition coefficient (Wildman–Crippen LogP) is 4.59. The molecule has 5 nitrogen and oxygen atoms in total. The number of rotatable bonds is 6. The number of hydrogen-bond donors (Lipinski definition) is 1. The molecule has 3 aromatic rings. The number of sulfonamides is 1. The van der Waals surface area contributed by atoms with Crippen LogP contribution < -0.4 is 4.72 Å². The van der Waals surface area contributed by atoms with Crippen LogP contribution in [0.25, 0.3) is 10.8 Å². The fourth-order valence-electron chi connectivity index (χ4n) is 3.05. The molecule has 1 N–H and O–H groups in total. The van der Waals surface area contributed by atoms with Crippen LogP contribution >= 0.6 is 0 Å². The van der Waals surface area contributed by atoms with Gasteiger partial charge in [-0.05, 0) is 49.2 Å². The maximum absolute atomic E-state index is 13.1. The van der Waals surface area contributed by atoms with Crippen molar-refractivity contribution in [3.8, 4) is 0 Å². The van der Waals surface area contributed by atoms with Crippen LogP contribution in [0.5, 0.6) is 0 Å². The summed E-state index contributed by atoms with van der Waals surface area (Å²) in [5, 5.41) is 1.79. The Labute approximate surface area is 171 Å². The first-order valence-electron chi connectivity index (χ1n) is 9.42. The molecule has 3 rings (SSSR count). The van der Waals surface area contributed by atoms with Gasteiger partial charge in [0.15, 0.2) is 0 Å². The summed E-state index contributed by atoms with van der Waals surface area (Å²) in [5.41, 5.74) is 0.0537. The molecule has 1 atom stereocenters. The standard InChI is InChI=1S/C23H25NO4S/c1-23(2,3)28-22(25)16-21(18-10-5-4-6-11-18)24-29(26,27)20-14-13-17-9-7-8-12-19(17)15-20/h4-15,21,24H,16H2,1-3H3/t21-/m1/s1. The molecule has 0 unspecified atom stereocenters. The highest BCUT2D eigenvalue weighted by atomic mass is 32.2. The monoisotopic (exact) mass is 411 g/mol. The zero-order chi connectivity index (χ0) is 21.1. The number of carbonyl (C=O) groups is 1. The summed E-state index contributed by atoms with van der Waals surface area (Å²) in [6.07, 6.45) is -0.103. The van der Waals surface area contributed by atoms with E-state index in [4.69, 9.17) is 4.74 Å². The van der Waals surface area contributed by atoms with E-state index in [9.17, 15) is 13.2 Å². The lowest BCUT2D eigenvalue weighted by Gasteiger charge is -2.23. The Kier molecular flexibility index (Phi) is 6.05. The summed E-state index contributed by atoms with van der Waals surface area (Å²) in [6.45, 7) is 5.34. The maximum Gasteiger partial charge on any atom is 0.308 e. The van der Waals surface area contributed by atoms with Crippen molar-refractivity contribution in [2.24, 2.45) is 0 Å². The topological polar surface area (TPSA) is 72.5 Å². The van der Waals surface area contributed by atoms with Crippen LogP contribution in [0, 0.1) is 0 Å². The molecular formula is C23H25NO4S. The van der Waals surface area contributed by atoms with Gasteiger partial charge in [-0.1, -0.05) is 60.7 Å². The molecule has 0 bridgehead atoms. The molecule has 0 fully saturated rings. The van der Waals surface area contributed by atoms with Crippen LogP contribution in [0.4, 0.5) is 0 Å². The number of benzene rings is 3. The number of fused-ring (bicyclic) bond motifs is 1. The SMILES string of the molecule is CC(C)(C)OC(=O)C[C@@H](NS(=O)(=O)c1ccc2ccccc2c1)c1ccccc1. The van der Waals surface area contributed by atoms with Crippen molar-refractivity contribution in [1.29, 1.82) is 0 Å². The average Bonchev–Trinajstić information content (AvgIpc) is 2.66. The zero-order valence-electron chi connectivity index (χ0n) is 16.8. The van der Waals surface area contributed by atoms with Gasteiger partial charge in [-0.25, -0.2) is 13.1 Å². The van der Waals surface area contributed by atoms with E-state index in [1.807, 2.05) is 42.5 Å². The molecule has 0 radical (unpaired) electrons. The Morgan fingerprint density at radius 2 is 1.55 bits per heavy atom. The van der Waals surface area contributed by atoms with Gasteiger partial charge in [0, 0.05) is 0 Å².